The van der Waals surface area contributed by atoms with Crippen LogP contribution < -0.4 is 0 Å². The van der Waals surface area contributed by atoms with E-state index in [1.54, 1.807) is 4.90 Å². The molecule has 1 aliphatic rings. The SMILES string of the molecule is CCC(C=O)N(C(=O)OC(C)(C)C)C1CCCC1. The van der Waals surface area contributed by atoms with E-state index in [4.69, 9.17) is 4.74 Å². The molecule has 0 aromatic heterocycles. The molecule has 1 unspecified atom stereocenters. The van der Waals surface area contributed by atoms with Crippen molar-refractivity contribution in [3.8, 4) is 0 Å². The molecule has 1 atom stereocenters. The molecular formula is C14H25NO3. The molecule has 1 saturated carbocycles. The standard InChI is InChI=1S/C14H25NO3/c1-5-11(10-16)15(12-8-6-7-9-12)13(17)18-14(2,3)4/h10-12H,5-9H2,1-4H3. The van der Waals surface area contributed by atoms with Crippen LogP contribution in [0.25, 0.3) is 0 Å². The van der Waals surface area contributed by atoms with Gasteiger partial charge in [0.1, 0.15) is 11.9 Å². The molecule has 0 bridgehead atoms. The molecule has 0 saturated heterocycles. The minimum atomic E-state index is -0.519. The minimum absolute atomic E-state index is 0.162. The number of carbonyl (C=O) groups excluding carboxylic acids is 2. The Labute approximate surface area is 110 Å². The smallest absolute Gasteiger partial charge is 0.411 e. The van der Waals surface area contributed by atoms with Crippen LogP contribution in [0.15, 0.2) is 0 Å². The summed E-state index contributed by atoms with van der Waals surface area (Å²) >= 11 is 0. The van der Waals surface area contributed by atoms with Crippen LogP contribution in [0.3, 0.4) is 0 Å². The number of hydrogen-bond donors (Lipinski definition) is 0. The molecule has 1 rings (SSSR count). The second-order valence-electron chi connectivity index (χ2n) is 5.94. The van der Waals surface area contributed by atoms with E-state index in [-0.39, 0.29) is 18.2 Å². The highest BCUT2D eigenvalue weighted by Gasteiger charge is 2.34. The Bertz CT molecular complexity index is 290. The molecule has 1 aliphatic carbocycles. The fourth-order valence-corrected chi connectivity index (χ4v) is 2.41. The Morgan fingerprint density at radius 3 is 2.33 bits per heavy atom. The average Bonchev–Trinajstić information content (AvgIpc) is 2.75. The van der Waals surface area contributed by atoms with Crippen LogP contribution >= 0.6 is 0 Å². The monoisotopic (exact) mass is 255 g/mol. The van der Waals surface area contributed by atoms with Crippen LogP contribution in [0, 0.1) is 0 Å². The van der Waals surface area contributed by atoms with Crippen molar-refractivity contribution in [1.29, 1.82) is 0 Å². The lowest BCUT2D eigenvalue weighted by molar-refractivity contribution is -0.113. The van der Waals surface area contributed by atoms with Crippen LogP contribution in [-0.2, 0) is 9.53 Å². The van der Waals surface area contributed by atoms with Crippen molar-refractivity contribution in [2.24, 2.45) is 0 Å². The first-order chi connectivity index (χ1) is 8.39. The van der Waals surface area contributed by atoms with E-state index in [9.17, 15) is 9.59 Å². The summed E-state index contributed by atoms with van der Waals surface area (Å²) < 4.78 is 5.43. The van der Waals surface area contributed by atoms with Gasteiger partial charge in [-0.3, -0.25) is 4.90 Å². The van der Waals surface area contributed by atoms with Crippen molar-refractivity contribution in [1.82, 2.24) is 4.90 Å². The first-order valence-corrected chi connectivity index (χ1v) is 6.85. The number of carbonyl (C=O) groups is 2. The molecule has 0 N–H and O–H groups in total. The predicted octanol–water partition coefficient (Wildman–Crippen LogP) is 3.14. The topological polar surface area (TPSA) is 46.6 Å². The first-order valence-electron chi connectivity index (χ1n) is 6.85. The molecule has 0 aromatic rings. The highest BCUT2D eigenvalue weighted by atomic mass is 16.6. The summed E-state index contributed by atoms with van der Waals surface area (Å²) in [5, 5.41) is 0. The second kappa shape index (κ2) is 6.21. The van der Waals surface area contributed by atoms with Gasteiger partial charge in [-0.05, 0) is 40.0 Å². The van der Waals surface area contributed by atoms with Gasteiger partial charge in [0.2, 0.25) is 0 Å². The summed E-state index contributed by atoms with van der Waals surface area (Å²) in [6.07, 6.45) is 5.35. The summed E-state index contributed by atoms with van der Waals surface area (Å²) in [5.41, 5.74) is -0.519. The maximum absolute atomic E-state index is 12.2. The largest absolute Gasteiger partial charge is 0.444 e. The molecule has 4 heteroatoms. The van der Waals surface area contributed by atoms with Crippen molar-refractivity contribution in [2.45, 2.75) is 77.5 Å². The number of hydrogen-bond acceptors (Lipinski definition) is 3. The Morgan fingerprint density at radius 2 is 1.94 bits per heavy atom. The summed E-state index contributed by atoms with van der Waals surface area (Å²) in [6, 6.07) is -0.196. The summed E-state index contributed by atoms with van der Waals surface area (Å²) in [4.78, 5) is 25.1. The molecule has 1 amide bonds. The Morgan fingerprint density at radius 1 is 1.39 bits per heavy atom. The van der Waals surface area contributed by atoms with Crippen LogP contribution in [-0.4, -0.2) is 35.0 Å². The van der Waals surface area contributed by atoms with Crippen LogP contribution in [0.2, 0.25) is 0 Å². The zero-order valence-electron chi connectivity index (χ0n) is 11.9. The summed E-state index contributed by atoms with van der Waals surface area (Å²) in [5.74, 6) is 0. The van der Waals surface area contributed by atoms with Gasteiger partial charge in [-0.15, -0.1) is 0 Å². The van der Waals surface area contributed by atoms with Gasteiger partial charge in [0.05, 0.1) is 6.04 Å². The maximum atomic E-state index is 12.2. The van der Waals surface area contributed by atoms with E-state index in [1.165, 1.54) is 0 Å². The lowest BCUT2D eigenvalue weighted by Crippen LogP contribution is -2.48. The van der Waals surface area contributed by atoms with E-state index in [0.717, 1.165) is 32.0 Å². The highest BCUT2D eigenvalue weighted by molar-refractivity contribution is 5.74. The molecule has 0 heterocycles. The van der Waals surface area contributed by atoms with E-state index >= 15 is 0 Å². The Hall–Kier alpha value is -1.06. The lowest BCUT2D eigenvalue weighted by Gasteiger charge is -2.34. The summed E-state index contributed by atoms with van der Waals surface area (Å²) in [7, 11) is 0. The van der Waals surface area contributed by atoms with Gasteiger partial charge in [0, 0.05) is 6.04 Å². The van der Waals surface area contributed by atoms with Crippen molar-refractivity contribution < 1.29 is 14.3 Å². The molecule has 0 spiro atoms. The third-order valence-electron chi connectivity index (χ3n) is 3.26. The predicted molar refractivity (Wildman–Crippen MR) is 70.5 cm³/mol. The van der Waals surface area contributed by atoms with Crippen LogP contribution in [0.5, 0.6) is 0 Å². The van der Waals surface area contributed by atoms with Crippen molar-refractivity contribution in [3.63, 3.8) is 0 Å². The van der Waals surface area contributed by atoms with Gasteiger partial charge in [-0.2, -0.15) is 0 Å². The van der Waals surface area contributed by atoms with Gasteiger partial charge in [-0.1, -0.05) is 19.8 Å². The first kappa shape index (κ1) is 15.0. The molecule has 18 heavy (non-hydrogen) atoms. The second-order valence-corrected chi connectivity index (χ2v) is 5.94. The van der Waals surface area contributed by atoms with Crippen molar-refractivity contribution in [2.75, 3.05) is 0 Å². The number of ether oxygens (including phenoxy) is 1. The number of rotatable bonds is 4. The molecular weight excluding hydrogens is 230 g/mol. The minimum Gasteiger partial charge on any atom is -0.444 e. The molecule has 104 valence electrons. The van der Waals surface area contributed by atoms with Gasteiger partial charge in [0.25, 0.3) is 0 Å². The Kier molecular flexibility index (Phi) is 5.17. The number of nitrogens with zero attached hydrogens (tertiary/aromatic N) is 1. The van der Waals surface area contributed by atoms with Crippen LogP contribution in [0.4, 0.5) is 4.79 Å². The quantitative estimate of drug-likeness (QED) is 0.725. The molecule has 0 radical (unpaired) electrons. The van der Waals surface area contributed by atoms with E-state index in [0.29, 0.717) is 6.42 Å². The zero-order valence-corrected chi connectivity index (χ0v) is 11.9. The third kappa shape index (κ3) is 4.00. The third-order valence-corrected chi connectivity index (χ3v) is 3.26. The number of aldehydes is 1. The van der Waals surface area contributed by atoms with E-state index < -0.39 is 5.60 Å². The highest BCUT2D eigenvalue weighted by Crippen LogP contribution is 2.27. The normalized spacial score (nSPS) is 18.4. The fraction of sp³-hybridized carbons (Fsp3) is 0.857. The molecule has 0 aliphatic heterocycles. The molecule has 0 aromatic carbocycles. The van der Waals surface area contributed by atoms with E-state index in [1.807, 2.05) is 27.7 Å². The maximum Gasteiger partial charge on any atom is 0.411 e. The molecule has 1 fully saturated rings. The average molecular weight is 255 g/mol. The molecule has 4 nitrogen and oxygen atoms in total. The van der Waals surface area contributed by atoms with Gasteiger partial charge in [0.15, 0.2) is 0 Å². The Balaban J connectivity index is 2.81. The zero-order chi connectivity index (χ0) is 13.8. The van der Waals surface area contributed by atoms with Gasteiger partial charge >= 0.3 is 6.09 Å². The fourth-order valence-electron chi connectivity index (χ4n) is 2.41. The van der Waals surface area contributed by atoms with E-state index in [2.05, 4.69) is 0 Å². The summed E-state index contributed by atoms with van der Waals surface area (Å²) in [6.45, 7) is 7.46. The number of amides is 1. The van der Waals surface area contributed by atoms with Crippen molar-refractivity contribution in [3.05, 3.63) is 0 Å². The van der Waals surface area contributed by atoms with Crippen molar-refractivity contribution >= 4 is 12.4 Å². The lowest BCUT2D eigenvalue weighted by atomic mass is 10.1. The van der Waals surface area contributed by atoms with Crippen LogP contribution in [0.1, 0.15) is 59.8 Å². The van der Waals surface area contributed by atoms with Gasteiger partial charge in [-0.25, -0.2) is 4.79 Å². The van der Waals surface area contributed by atoms with Gasteiger partial charge < -0.3 is 9.53 Å².